The Bertz CT molecular complexity index is 195. The van der Waals surface area contributed by atoms with E-state index in [2.05, 4.69) is 11.8 Å². The average molecular weight is 255 g/mol. The van der Waals surface area contributed by atoms with Crippen LogP contribution in [0.2, 0.25) is 0 Å². The quantitative estimate of drug-likeness (QED) is 0.565. The van der Waals surface area contributed by atoms with Gasteiger partial charge in [0.1, 0.15) is 0 Å². The number of rotatable bonds is 11. The van der Waals surface area contributed by atoms with Crippen LogP contribution in [-0.2, 0) is 0 Å². The van der Waals surface area contributed by atoms with E-state index in [-0.39, 0.29) is 0 Å². The molecule has 0 bridgehead atoms. The number of hydrogen-bond acceptors (Lipinski definition) is 2. The van der Waals surface area contributed by atoms with Crippen LogP contribution in [0.15, 0.2) is 0 Å². The predicted octanol–water partition coefficient (Wildman–Crippen LogP) is 3.97. The third-order valence-electron chi connectivity index (χ3n) is 3.96. The lowest BCUT2D eigenvalue weighted by Crippen LogP contribution is -2.59. The standard InChI is InChI=1S/C16H33NO/c1-3-4-5-6-7-8-9-10-11-12-13-17-14-16(2,18)15-17/h18H,3-15H2,1-2H3. The molecule has 1 heterocycles. The van der Waals surface area contributed by atoms with Crippen molar-refractivity contribution in [2.24, 2.45) is 0 Å². The van der Waals surface area contributed by atoms with Crippen molar-refractivity contribution in [3.63, 3.8) is 0 Å². The van der Waals surface area contributed by atoms with Crippen LogP contribution < -0.4 is 0 Å². The Hall–Kier alpha value is -0.0800. The summed E-state index contributed by atoms with van der Waals surface area (Å²) < 4.78 is 0. The van der Waals surface area contributed by atoms with E-state index >= 15 is 0 Å². The van der Waals surface area contributed by atoms with Gasteiger partial charge >= 0.3 is 0 Å². The van der Waals surface area contributed by atoms with Gasteiger partial charge in [-0.25, -0.2) is 0 Å². The number of nitrogens with zero attached hydrogens (tertiary/aromatic N) is 1. The van der Waals surface area contributed by atoms with Gasteiger partial charge in [0.15, 0.2) is 0 Å². The Balaban J connectivity index is 1.72. The van der Waals surface area contributed by atoms with Gasteiger partial charge in [0.25, 0.3) is 0 Å². The van der Waals surface area contributed by atoms with E-state index < -0.39 is 5.60 Å². The van der Waals surface area contributed by atoms with Crippen molar-refractivity contribution in [3.05, 3.63) is 0 Å². The summed E-state index contributed by atoms with van der Waals surface area (Å²) in [5.41, 5.74) is -0.390. The largest absolute Gasteiger partial charge is 0.388 e. The third-order valence-corrected chi connectivity index (χ3v) is 3.96. The molecule has 1 fully saturated rings. The Morgan fingerprint density at radius 2 is 1.28 bits per heavy atom. The number of aliphatic hydroxyl groups is 1. The molecular weight excluding hydrogens is 222 g/mol. The van der Waals surface area contributed by atoms with Gasteiger partial charge in [-0.05, 0) is 19.9 Å². The van der Waals surface area contributed by atoms with Crippen LogP contribution in [0.4, 0.5) is 0 Å². The summed E-state index contributed by atoms with van der Waals surface area (Å²) in [6.45, 7) is 7.15. The van der Waals surface area contributed by atoms with Crippen LogP contribution in [0.1, 0.15) is 78.1 Å². The Labute approximate surface area is 114 Å². The van der Waals surface area contributed by atoms with Crippen LogP contribution in [0.3, 0.4) is 0 Å². The zero-order valence-electron chi connectivity index (χ0n) is 12.6. The molecule has 0 aromatic heterocycles. The molecule has 0 unspecified atom stereocenters. The van der Waals surface area contributed by atoms with Crippen molar-refractivity contribution in [2.75, 3.05) is 19.6 Å². The van der Waals surface area contributed by atoms with Gasteiger partial charge in [-0.2, -0.15) is 0 Å². The molecule has 1 rings (SSSR count). The highest BCUT2D eigenvalue weighted by atomic mass is 16.3. The van der Waals surface area contributed by atoms with Crippen LogP contribution in [0, 0.1) is 0 Å². The zero-order chi connectivity index (χ0) is 13.3. The summed E-state index contributed by atoms with van der Waals surface area (Å²) >= 11 is 0. The summed E-state index contributed by atoms with van der Waals surface area (Å²) in [6.07, 6.45) is 14.0. The normalized spacial score (nSPS) is 18.8. The number of likely N-dealkylation sites (tertiary alicyclic amines) is 1. The van der Waals surface area contributed by atoms with Crippen molar-refractivity contribution in [1.29, 1.82) is 0 Å². The molecule has 108 valence electrons. The molecule has 2 nitrogen and oxygen atoms in total. The molecule has 1 aliphatic heterocycles. The lowest BCUT2D eigenvalue weighted by molar-refractivity contribution is -0.0833. The van der Waals surface area contributed by atoms with Crippen LogP contribution in [0.5, 0.6) is 0 Å². The molecule has 0 aromatic carbocycles. The van der Waals surface area contributed by atoms with Gasteiger partial charge in [-0.1, -0.05) is 64.7 Å². The van der Waals surface area contributed by atoms with Gasteiger partial charge in [0.05, 0.1) is 5.60 Å². The average Bonchev–Trinajstić information content (AvgIpc) is 2.29. The maximum Gasteiger partial charge on any atom is 0.0872 e. The first-order valence-corrected chi connectivity index (χ1v) is 8.09. The minimum atomic E-state index is -0.390. The topological polar surface area (TPSA) is 23.5 Å². The van der Waals surface area contributed by atoms with Crippen molar-refractivity contribution >= 4 is 0 Å². The second-order valence-corrected chi connectivity index (χ2v) is 6.39. The van der Waals surface area contributed by atoms with Gasteiger partial charge < -0.3 is 5.11 Å². The fraction of sp³-hybridized carbons (Fsp3) is 1.00. The Morgan fingerprint density at radius 1 is 0.833 bits per heavy atom. The monoisotopic (exact) mass is 255 g/mol. The van der Waals surface area contributed by atoms with Gasteiger partial charge in [0, 0.05) is 13.1 Å². The molecule has 0 aliphatic carbocycles. The van der Waals surface area contributed by atoms with E-state index in [0.717, 1.165) is 13.1 Å². The minimum absolute atomic E-state index is 0.390. The fourth-order valence-corrected chi connectivity index (χ4v) is 2.90. The molecule has 18 heavy (non-hydrogen) atoms. The van der Waals surface area contributed by atoms with E-state index in [1.54, 1.807) is 0 Å². The summed E-state index contributed by atoms with van der Waals surface area (Å²) in [6, 6.07) is 0. The lowest BCUT2D eigenvalue weighted by atomic mass is 9.96. The first-order valence-electron chi connectivity index (χ1n) is 8.09. The smallest absolute Gasteiger partial charge is 0.0872 e. The first kappa shape index (κ1) is 16.0. The van der Waals surface area contributed by atoms with Gasteiger partial charge in [-0.15, -0.1) is 0 Å². The molecular formula is C16H33NO. The van der Waals surface area contributed by atoms with Crippen molar-refractivity contribution in [2.45, 2.75) is 83.7 Å². The predicted molar refractivity (Wildman–Crippen MR) is 78.9 cm³/mol. The second kappa shape index (κ2) is 8.92. The van der Waals surface area contributed by atoms with E-state index in [1.807, 2.05) is 6.92 Å². The highest BCUT2D eigenvalue weighted by molar-refractivity contribution is 4.90. The summed E-state index contributed by atoms with van der Waals surface area (Å²) in [5.74, 6) is 0. The highest BCUT2D eigenvalue weighted by Gasteiger charge is 2.35. The molecule has 0 amide bonds. The van der Waals surface area contributed by atoms with E-state index in [9.17, 15) is 5.11 Å². The number of β-amino-alcohol motifs (C(OH)–C–C–N with tert-alkyl or cyclic N) is 1. The van der Waals surface area contributed by atoms with Crippen molar-refractivity contribution < 1.29 is 5.11 Å². The fourth-order valence-electron chi connectivity index (χ4n) is 2.90. The lowest BCUT2D eigenvalue weighted by Gasteiger charge is -2.44. The van der Waals surface area contributed by atoms with Crippen molar-refractivity contribution in [1.82, 2.24) is 4.90 Å². The molecule has 0 aromatic rings. The third kappa shape index (κ3) is 7.38. The molecule has 2 heteroatoms. The second-order valence-electron chi connectivity index (χ2n) is 6.39. The van der Waals surface area contributed by atoms with Crippen molar-refractivity contribution in [3.8, 4) is 0 Å². The van der Waals surface area contributed by atoms with E-state index in [0.29, 0.717) is 0 Å². The zero-order valence-corrected chi connectivity index (χ0v) is 12.6. The first-order chi connectivity index (χ1) is 8.64. The maximum absolute atomic E-state index is 9.60. The molecule has 0 saturated carbocycles. The molecule has 1 N–H and O–H groups in total. The van der Waals surface area contributed by atoms with E-state index in [4.69, 9.17) is 0 Å². The van der Waals surface area contributed by atoms with Gasteiger partial charge in [0.2, 0.25) is 0 Å². The Kier molecular flexibility index (Phi) is 7.92. The molecule has 1 saturated heterocycles. The minimum Gasteiger partial charge on any atom is -0.388 e. The highest BCUT2D eigenvalue weighted by Crippen LogP contribution is 2.20. The summed E-state index contributed by atoms with van der Waals surface area (Å²) in [5, 5.41) is 9.60. The molecule has 0 atom stereocenters. The summed E-state index contributed by atoms with van der Waals surface area (Å²) in [7, 11) is 0. The van der Waals surface area contributed by atoms with Gasteiger partial charge in [-0.3, -0.25) is 4.90 Å². The number of unbranched alkanes of at least 4 members (excludes halogenated alkanes) is 9. The summed E-state index contributed by atoms with van der Waals surface area (Å²) in [4.78, 5) is 2.37. The SMILES string of the molecule is CCCCCCCCCCCCN1CC(C)(O)C1. The molecule has 1 aliphatic rings. The number of hydrogen-bond donors (Lipinski definition) is 1. The Morgan fingerprint density at radius 3 is 1.72 bits per heavy atom. The van der Waals surface area contributed by atoms with Crippen LogP contribution in [0.25, 0.3) is 0 Å². The van der Waals surface area contributed by atoms with Crippen LogP contribution in [-0.4, -0.2) is 35.2 Å². The molecule has 0 spiro atoms. The van der Waals surface area contributed by atoms with E-state index in [1.165, 1.54) is 70.8 Å². The maximum atomic E-state index is 9.60. The van der Waals surface area contributed by atoms with Crippen LogP contribution >= 0.6 is 0 Å². The molecule has 0 radical (unpaired) electrons.